The smallest absolute Gasteiger partial charge is 0.224 e. The second-order valence-electron chi connectivity index (χ2n) is 9.57. The van der Waals surface area contributed by atoms with Crippen LogP contribution in [0.2, 0.25) is 5.02 Å². The third kappa shape index (κ3) is 6.42. The number of likely N-dealkylation sites (tertiary alicyclic amines) is 2. The minimum atomic E-state index is -0.477. The summed E-state index contributed by atoms with van der Waals surface area (Å²) < 4.78 is 11.5. The molecule has 34 heavy (non-hydrogen) atoms. The third-order valence-corrected chi connectivity index (χ3v) is 7.25. The van der Waals surface area contributed by atoms with Crippen molar-refractivity contribution in [3.05, 3.63) is 29.3 Å². The molecule has 8 nitrogen and oxygen atoms in total. The number of benzene rings is 1. The Hall–Kier alpha value is -2.32. The van der Waals surface area contributed by atoms with E-state index in [0.717, 1.165) is 25.8 Å². The van der Waals surface area contributed by atoms with E-state index in [9.17, 15) is 14.4 Å². The molecule has 1 aromatic carbocycles. The van der Waals surface area contributed by atoms with Gasteiger partial charge in [0.1, 0.15) is 5.75 Å². The van der Waals surface area contributed by atoms with Crippen molar-refractivity contribution in [2.45, 2.75) is 38.5 Å². The van der Waals surface area contributed by atoms with Crippen LogP contribution in [0.4, 0.5) is 0 Å². The van der Waals surface area contributed by atoms with E-state index in [1.54, 1.807) is 17.0 Å². The fourth-order valence-electron chi connectivity index (χ4n) is 5.10. The quantitative estimate of drug-likeness (QED) is 0.558. The van der Waals surface area contributed by atoms with Gasteiger partial charge in [0.05, 0.1) is 19.8 Å². The SMILES string of the molecule is O=C1CCCN1CCC(=O)N1CCC[C@](COc2cccc(Cl)c2)(CC(=O)N2CCOCC2)C1. The van der Waals surface area contributed by atoms with Crippen LogP contribution in [0.15, 0.2) is 24.3 Å². The van der Waals surface area contributed by atoms with Gasteiger partial charge in [-0.3, -0.25) is 14.4 Å². The Labute approximate surface area is 206 Å². The maximum Gasteiger partial charge on any atom is 0.224 e. The Balaban J connectivity index is 1.43. The number of carbonyl (C=O) groups is 3. The van der Waals surface area contributed by atoms with Gasteiger partial charge in [0.25, 0.3) is 0 Å². The van der Waals surface area contributed by atoms with E-state index in [0.29, 0.717) is 82.6 Å². The summed E-state index contributed by atoms with van der Waals surface area (Å²) >= 11 is 6.12. The molecular weight excluding hydrogens is 458 g/mol. The number of ether oxygens (including phenoxy) is 2. The topological polar surface area (TPSA) is 79.4 Å². The van der Waals surface area contributed by atoms with Gasteiger partial charge in [-0.2, -0.15) is 0 Å². The monoisotopic (exact) mass is 491 g/mol. The lowest BCUT2D eigenvalue weighted by atomic mass is 9.77. The Morgan fingerprint density at radius 3 is 2.62 bits per heavy atom. The molecule has 0 radical (unpaired) electrons. The molecule has 0 spiro atoms. The van der Waals surface area contributed by atoms with E-state index >= 15 is 0 Å². The van der Waals surface area contributed by atoms with Crippen molar-refractivity contribution >= 4 is 29.3 Å². The summed E-state index contributed by atoms with van der Waals surface area (Å²) in [4.78, 5) is 43.7. The van der Waals surface area contributed by atoms with Gasteiger partial charge in [-0.05, 0) is 37.5 Å². The lowest BCUT2D eigenvalue weighted by Gasteiger charge is -2.43. The second-order valence-corrected chi connectivity index (χ2v) is 10.0. The summed E-state index contributed by atoms with van der Waals surface area (Å²) in [5, 5.41) is 0.591. The van der Waals surface area contributed by atoms with Crippen LogP contribution >= 0.6 is 11.6 Å². The van der Waals surface area contributed by atoms with Gasteiger partial charge in [0, 0.05) is 69.0 Å². The predicted octanol–water partition coefficient (Wildman–Crippen LogP) is 2.59. The maximum atomic E-state index is 13.2. The van der Waals surface area contributed by atoms with Crippen molar-refractivity contribution in [1.82, 2.24) is 14.7 Å². The first-order chi connectivity index (χ1) is 16.4. The number of rotatable bonds is 8. The number of hydrogen-bond acceptors (Lipinski definition) is 5. The van der Waals surface area contributed by atoms with E-state index in [2.05, 4.69) is 0 Å². The molecule has 0 saturated carbocycles. The van der Waals surface area contributed by atoms with E-state index < -0.39 is 5.41 Å². The lowest BCUT2D eigenvalue weighted by molar-refractivity contribution is -0.144. The van der Waals surface area contributed by atoms with Crippen molar-refractivity contribution < 1.29 is 23.9 Å². The van der Waals surface area contributed by atoms with Crippen molar-refractivity contribution in [2.24, 2.45) is 5.41 Å². The molecule has 9 heteroatoms. The molecule has 3 amide bonds. The molecule has 0 bridgehead atoms. The average molecular weight is 492 g/mol. The highest BCUT2D eigenvalue weighted by Crippen LogP contribution is 2.36. The van der Waals surface area contributed by atoms with Crippen molar-refractivity contribution in [2.75, 3.05) is 59.1 Å². The average Bonchev–Trinajstić information content (AvgIpc) is 3.26. The van der Waals surface area contributed by atoms with Crippen LogP contribution in [0.1, 0.15) is 38.5 Å². The number of carbonyl (C=O) groups excluding carboxylic acids is 3. The molecule has 3 aliphatic rings. The fourth-order valence-corrected chi connectivity index (χ4v) is 5.28. The van der Waals surface area contributed by atoms with Gasteiger partial charge >= 0.3 is 0 Å². The van der Waals surface area contributed by atoms with Gasteiger partial charge in [-0.1, -0.05) is 17.7 Å². The van der Waals surface area contributed by atoms with Gasteiger partial charge in [0.15, 0.2) is 0 Å². The molecule has 0 aromatic heterocycles. The molecule has 0 unspecified atom stereocenters. The first-order valence-electron chi connectivity index (χ1n) is 12.2. The normalized spacial score (nSPS) is 23.3. The van der Waals surface area contributed by atoms with E-state index in [4.69, 9.17) is 21.1 Å². The Morgan fingerprint density at radius 1 is 1.06 bits per heavy atom. The Bertz CT molecular complexity index is 891. The molecule has 3 fully saturated rings. The minimum Gasteiger partial charge on any atom is -0.493 e. The molecule has 0 N–H and O–H groups in total. The van der Waals surface area contributed by atoms with Crippen LogP contribution in [0, 0.1) is 5.41 Å². The highest BCUT2D eigenvalue weighted by Gasteiger charge is 2.41. The number of piperidine rings is 1. The second kappa shape index (κ2) is 11.4. The highest BCUT2D eigenvalue weighted by molar-refractivity contribution is 6.30. The van der Waals surface area contributed by atoms with Crippen LogP contribution in [-0.2, 0) is 19.1 Å². The van der Waals surface area contributed by atoms with Crippen LogP contribution in [-0.4, -0.2) is 91.5 Å². The number of hydrogen-bond donors (Lipinski definition) is 0. The summed E-state index contributed by atoms with van der Waals surface area (Å²) in [6.45, 7) is 4.96. The van der Waals surface area contributed by atoms with Gasteiger partial charge in [0.2, 0.25) is 17.7 Å². The molecule has 1 atom stereocenters. The van der Waals surface area contributed by atoms with Gasteiger partial charge in [-0.15, -0.1) is 0 Å². The number of halogens is 1. The van der Waals surface area contributed by atoms with Crippen LogP contribution < -0.4 is 4.74 Å². The van der Waals surface area contributed by atoms with Crippen molar-refractivity contribution in [3.63, 3.8) is 0 Å². The molecule has 3 aliphatic heterocycles. The summed E-state index contributed by atoms with van der Waals surface area (Å²) in [6, 6.07) is 7.23. The predicted molar refractivity (Wildman–Crippen MR) is 128 cm³/mol. The fraction of sp³-hybridized carbons (Fsp3) is 0.640. The van der Waals surface area contributed by atoms with E-state index in [1.165, 1.54) is 0 Å². The Kier molecular flexibility index (Phi) is 8.32. The number of nitrogens with zero attached hydrogens (tertiary/aromatic N) is 3. The number of amides is 3. The van der Waals surface area contributed by atoms with E-state index in [1.807, 2.05) is 21.9 Å². The van der Waals surface area contributed by atoms with Crippen LogP contribution in [0.5, 0.6) is 5.75 Å². The first-order valence-corrected chi connectivity index (χ1v) is 12.6. The van der Waals surface area contributed by atoms with Crippen LogP contribution in [0.25, 0.3) is 0 Å². The largest absolute Gasteiger partial charge is 0.493 e. The zero-order valence-electron chi connectivity index (χ0n) is 19.7. The van der Waals surface area contributed by atoms with Crippen molar-refractivity contribution in [1.29, 1.82) is 0 Å². The molecule has 186 valence electrons. The Morgan fingerprint density at radius 2 is 1.88 bits per heavy atom. The van der Waals surface area contributed by atoms with Crippen molar-refractivity contribution in [3.8, 4) is 5.75 Å². The minimum absolute atomic E-state index is 0.0327. The summed E-state index contributed by atoms with van der Waals surface area (Å²) in [6.07, 6.45) is 3.69. The number of morpholine rings is 1. The highest BCUT2D eigenvalue weighted by atomic mass is 35.5. The molecule has 1 aromatic rings. The molecule has 3 saturated heterocycles. The molecule has 3 heterocycles. The molecular formula is C25H34ClN3O5. The van der Waals surface area contributed by atoms with Gasteiger partial charge < -0.3 is 24.2 Å². The summed E-state index contributed by atoms with van der Waals surface area (Å²) in [5.74, 6) is 0.897. The van der Waals surface area contributed by atoms with Gasteiger partial charge in [-0.25, -0.2) is 0 Å². The summed E-state index contributed by atoms with van der Waals surface area (Å²) in [5.41, 5.74) is -0.477. The summed E-state index contributed by atoms with van der Waals surface area (Å²) in [7, 11) is 0. The maximum absolute atomic E-state index is 13.2. The molecule has 0 aliphatic carbocycles. The molecule has 4 rings (SSSR count). The van der Waals surface area contributed by atoms with Crippen LogP contribution in [0.3, 0.4) is 0 Å². The standard InChI is InChI=1S/C25H34ClN3O5/c26-20-4-1-5-21(16-20)34-19-25(17-24(32)28-12-14-33-15-13-28)8-3-10-29(18-25)23(31)7-11-27-9-2-6-22(27)30/h1,4-5,16H,2-3,6-15,17-19H2/t25-/m0/s1. The zero-order valence-corrected chi connectivity index (χ0v) is 20.4. The van der Waals surface area contributed by atoms with E-state index in [-0.39, 0.29) is 17.7 Å². The first kappa shape index (κ1) is 24.8. The third-order valence-electron chi connectivity index (χ3n) is 7.01. The zero-order chi connectivity index (χ0) is 24.0. The lowest BCUT2D eigenvalue weighted by Crippen LogP contribution is -2.52.